The van der Waals surface area contributed by atoms with Crippen molar-refractivity contribution in [1.29, 1.82) is 0 Å². The number of hydrogen-bond donors (Lipinski definition) is 0. The summed E-state index contributed by atoms with van der Waals surface area (Å²) in [5, 5.41) is 0.129. The second-order valence-electron chi connectivity index (χ2n) is 9.96. The molecule has 0 N–H and O–H groups in total. The van der Waals surface area contributed by atoms with Crippen molar-refractivity contribution in [2.45, 2.75) is 113 Å². The highest BCUT2D eigenvalue weighted by atomic mass is 28.3. The Morgan fingerprint density at radius 2 is 1.85 bits per heavy atom. The fraction of sp³-hybridized carbons (Fsp3) is 1.00. The normalized spacial score (nSPS) is 44.5. The first-order valence-corrected chi connectivity index (χ1v) is 17.0. The first-order valence-electron chi connectivity index (χ1n) is 11.5. The van der Waals surface area contributed by atoms with E-state index in [1.165, 1.54) is 63.8 Å². The third kappa shape index (κ3) is 4.02. The maximum absolute atomic E-state index is 6.60. The van der Waals surface area contributed by atoms with Crippen LogP contribution in [0.3, 0.4) is 0 Å². The zero-order valence-corrected chi connectivity index (χ0v) is 19.6. The lowest BCUT2D eigenvalue weighted by Crippen LogP contribution is -2.60. The highest BCUT2D eigenvalue weighted by Gasteiger charge is 2.50. The molecule has 3 heterocycles. The summed E-state index contributed by atoms with van der Waals surface area (Å²) in [6.07, 6.45) is 13.8. The van der Waals surface area contributed by atoms with Crippen LogP contribution in [0, 0.1) is 5.92 Å². The Kier molecular flexibility index (Phi) is 6.31. The summed E-state index contributed by atoms with van der Waals surface area (Å²) >= 11 is 0. The molecule has 1 saturated carbocycles. The van der Waals surface area contributed by atoms with E-state index in [1.807, 2.05) is 0 Å². The van der Waals surface area contributed by atoms with E-state index in [-0.39, 0.29) is 5.22 Å². The van der Waals surface area contributed by atoms with Crippen LogP contribution in [0.4, 0.5) is 0 Å². The summed E-state index contributed by atoms with van der Waals surface area (Å²) in [6, 6.07) is 1.50. The number of ether oxygens (including phenoxy) is 3. The van der Waals surface area contributed by atoms with Gasteiger partial charge in [-0.15, -0.1) is 0 Å². The van der Waals surface area contributed by atoms with Crippen LogP contribution in [0.5, 0.6) is 0 Å². The van der Waals surface area contributed by atoms with E-state index in [0.717, 1.165) is 24.7 Å². The fourth-order valence-electron chi connectivity index (χ4n) is 6.20. The molecule has 4 rings (SSSR count). The van der Waals surface area contributed by atoms with Crippen LogP contribution in [0.25, 0.3) is 0 Å². The van der Waals surface area contributed by atoms with Crippen LogP contribution < -0.4 is 0 Å². The monoisotopic (exact) mass is 396 g/mol. The molecular formula is C21H40O3Si2. The standard InChI is InChI=1S/C21H40O3Si2/c1-25(2)21(11-4-5-13-23-21)20-19(7-6-12-22-20)26(3)14-10-16-8-9-17-18(15-16)24-17/h16-20,25-26H,4-15H2,1-3H3. The van der Waals surface area contributed by atoms with E-state index in [9.17, 15) is 0 Å². The zero-order chi connectivity index (χ0) is 18.1. The summed E-state index contributed by atoms with van der Waals surface area (Å²) in [7, 11) is -1.73. The molecule has 150 valence electrons. The minimum absolute atomic E-state index is 0.129. The zero-order valence-electron chi connectivity index (χ0n) is 17.3. The van der Waals surface area contributed by atoms with Gasteiger partial charge in [-0.3, -0.25) is 0 Å². The lowest BCUT2D eigenvalue weighted by molar-refractivity contribution is -0.137. The van der Waals surface area contributed by atoms with Crippen LogP contribution >= 0.6 is 0 Å². The van der Waals surface area contributed by atoms with E-state index in [0.29, 0.717) is 18.3 Å². The molecule has 4 aliphatic rings. The van der Waals surface area contributed by atoms with Crippen molar-refractivity contribution in [3.63, 3.8) is 0 Å². The molecule has 3 aliphatic heterocycles. The molecule has 0 aromatic heterocycles. The molecule has 3 nitrogen and oxygen atoms in total. The molecule has 1 aliphatic carbocycles. The molecule has 4 fully saturated rings. The first-order chi connectivity index (χ1) is 12.6. The van der Waals surface area contributed by atoms with Crippen LogP contribution in [0.2, 0.25) is 31.2 Å². The third-order valence-corrected chi connectivity index (χ3v) is 14.2. The maximum Gasteiger partial charge on any atom is 0.0844 e. The molecule has 26 heavy (non-hydrogen) atoms. The molecule has 0 aromatic rings. The van der Waals surface area contributed by atoms with Crippen LogP contribution in [-0.2, 0) is 14.2 Å². The Morgan fingerprint density at radius 3 is 2.58 bits per heavy atom. The van der Waals surface area contributed by atoms with Crippen LogP contribution in [0.15, 0.2) is 0 Å². The van der Waals surface area contributed by atoms with Crippen molar-refractivity contribution in [3.05, 3.63) is 0 Å². The lowest BCUT2D eigenvalue weighted by Gasteiger charge is -2.51. The molecule has 0 radical (unpaired) electrons. The average molecular weight is 397 g/mol. The van der Waals surface area contributed by atoms with E-state index in [2.05, 4.69) is 19.6 Å². The highest BCUT2D eigenvalue weighted by Crippen LogP contribution is 2.45. The molecule has 0 aromatic carbocycles. The molecule has 5 heteroatoms. The van der Waals surface area contributed by atoms with Crippen molar-refractivity contribution >= 4 is 17.6 Å². The highest BCUT2D eigenvalue weighted by molar-refractivity contribution is 6.61. The lowest BCUT2D eigenvalue weighted by atomic mass is 9.87. The summed E-state index contributed by atoms with van der Waals surface area (Å²) in [5.41, 5.74) is 0.838. The smallest absolute Gasteiger partial charge is 0.0844 e. The van der Waals surface area contributed by atoms with Crippen molar-refractivity contribution < 1.29 is 14.2 Å². The van der Waals surface area contributed by atoms with Crippen LogP contribution in [-0.4, -0.2) is 54.3 Å². The summed E-state index contributed by atoms with van der Waals surface area (Å²) < 4.78 is 18.9. The van der Waals surface area contributed by atoms with Crippen molar-refractivity contribution in [2.24, 2.45) is 5.92 Å². The molecule has 0 bridgehead atoms. The summed E-state index contributed by atoms with van der Waals surface area (Å²) in [6.45, 7) is 9.58. The number of fused-ring (bicyclic) bond motifs is 1. The van der Waals surface area contributed by atoms with Crippen molar-refractivity contribution in [3.8, 4) is 0 Å². The summed E-state index contributed by atoms with van der Waals surface area (Å²) in [4.78, 5) is 0. The fourth-order valence-corrected chi connectivity index (χ4v) is 11.9. The molecule has 3 saturated heterocycles. The van der Waals surface area contributed by atoms with Gasteiger partial charge in [0.05, 0.1) is 32.3 Å². The van der Waals surface area contributed by atoms with E-state index in [1.54, 1.807) is 0 Å². The van der Waals surface area contributed by atoms with Gasteiger partial charge < -0.3 is 14.2 Å². The number of epoxide rings is 1. The molecular weight excluding hydrogens is 356 g/mol. The second kappa shape index (κ2) is 8.36. The van der Waals surface area contributed by atoms with Gasteiger partial charge in [0.15, 0.2) is 0 Å². The quantitative estimate of drug-likeness (QED) is 0.495. The van der Waals surface area contributed by atoms with Gasteiger partial charge in [-0.1, -0.05) is 32.1 Å². The van der Waals surface area contributed by atoms with Crippen molar-refractivity contribution in [2.75, 3.05) is 13.2 Å². The Hall–Kier alpha value is 0.314. The second-order valence-corrected chi connectivity index (χ2v) is 16.6. The van der Waals surface area contributed by atoms with Crippen LogP contribution in [0.1, 0.15) is 57.8 Å². The van der Waals surface area contributed by atoms with Gasteiger partial charge >= 0.3 is 0 Å². The topological polar surface area (TPSA) is 31.0 Å². The van der Waals surface area contributed by atoms with Gasteiger partial charge in [0, 0.05) is 22.0 Å². The number of hydrogen-bond acceptors (Lipinski definition) is 3. The minimum atomic E-state index is -0.933. The van der Waals surface area contributed by atoms with Gasteiger partial charge in [0.2, 0.25) is 0 Å². The van der Waals surface area contributed by atoms with Crippen molar-refractivity contribution in [1.82, 2.24) is 0 Å². The average Bonchev–Trinajstić information content (AvgIpc) is 3.45. The maximum atomic E-state index is 6.60. The SMILES string of the molecule is C[SiH](CCC1CCC2OC2C1)C1CCCOC1C1([SiH](C)C)CCCCO1. The Balaban J connectivity index is 1.39. The number of rotatable bonds is 6. The molecule has 7 unspecified atom stereocenters. The predicted molar refractivity (Wildman–Crippen MR) is 113 cm³/mol. The largest absolute Gasteiger partial charge is 0.376 e. The van der Waals surface area contributed by atoms with Gasteiger partial charge in [0.25, 0.3) is 0 Å². The third-order valence-electron chi connectivity index (χ3n) is 8.03. The first kappa shape index (κ1) is 19.6. The molecule has 7 atom stereocenters. The van der Waals surface area contributed by atoms with Gasteiger partial charge in [-0.05, 0) is 62.8 Å². The minimum Gasteiger partial charge on any atom is -0.376 e. The summed E-state index contributed by atoms with van der Waals surface area (Å²) in [5.74, 6) is 0.941. The molecule has 0 amide bonds. The van der Waals surface area contributed by atoms with Gasteiger partial charge in [-0.2, -0.15) is 0 Å². The molecule has 0 spiro atoms. The Bertz CT molecular complexity index is 466. The Morgan fingerprint density at radius 1 is 0.962 bits per heavy atom. The van der Waals surface area contributed by atoms with E-state index < -0.39 is 17.6 Å². The predicted octanol–water partition coefficient (Wildman–Crippen LogP) is 4.32. The van der Waals surface area contributed by atoms with E-state index >= 15 is 0 Å². The van der Waals surface area contributed by atoms with E-state index in [4.69, 9.17) is 14.2 Å². The van der Waals surface area contributed by atoms with Gasteiger partial charge in [-0.25, -0.2) is 0 Å². The Labute approximate surface area is 163 Å². The van der Waals surface area contributed by atoms with Gasteiger partial charge in [0.1, 0.15) is 0 Å².